The normalized spacial score (nSPS) is 16.6. The van der Waals surface area contributed by atoms with Crippen molar-refractivity contribution in [3.63, 3.8) is 0 Å². The van der Waals surface area contributed by atoms with Crippen molar-refractivity contribution >= 4 is 5.78 Å². The fourth-order valence-corrected chi connectivity index (χ4v) is 2.75. The highest BCUT2D eigenvalue weighted by Gasteiger charge is 2.32. The lowest BCUT2D eigenvalue weighted by atomic mass is 9.75. The number of benzene rings is 1. The van der Waals surface area contributed by atoms with Crippen molar-refractivity contribution < 1.29 is 9.18 Å². The molecule has 0 unspecified atom stereocenters. The molecular formula is C16H15FN2O2. The summed E-state index contributed by atoms with van der Waals surface area (Å²) in [5.74, 6) is -0.530. The van der Waals surface area contributed by atoms with Gasteiger partial charge in [0.2, 0.25) is 0 Å². The largest absolute Gasteiger partial charge is 0.292 e. The predicted molar refractivity (Wildman–Crippen MR) is 76.2 cm³/mol. The van der Waals surface area contributed by atoms with Crippen LogP contribution in [0.5, 0.6) is 0 Å². The Bertz CT molecular complexity index is 793. The molecule has 108 valence electrons. The first-order chi connectivity index (χ1) is 9.85. The molecular weight excluding hydrogens is 271 g/mol. The van der Waals surface area contributed by atoms with E-state index in [0.717, 1.165) is 4.68 Å². The van der Waals surface area contributed by atoms with E-state index in [4.69, 9.17) is 0 Å². The SMILES string of the molecule is CC1(C)CC(=O)c2nn(-c3cccc(F)c3)c(=O)cc2C1. The molecule has 0 amide bonds. The predicted octanol–water partition coefficient (Wildman–Crippen LogP) is 2.53. The average Bonchev–Trinajstić information content (AvgIpc) is 2.36. The number of Topliss-reactive ketones (excluding diaryl/α,β-unsaturated/α-hetero) is 1. The quantitative estimate of drug-likeness (QED) is 0.809. The first-order valence-electron chi connectivity index (χ1n) is 6.78. The molecule has 0 saturated heterocycles. The van der Waals surface area contributed by atoms with Gasteiger partial charge in [-0.15, -0.1) is 0 Å². The number of carbonyl (C=O) groups excluding carboxylic acids is 1. The van der Waals surface area contributed by atoms with Crippen LogP contribution in [-0.2, 0) is 6.42 Å². The second kappa shape index (κ2) is 4.62. The Balaban J connectivity index is 2.17. The molecule has 1 aliphatic carbocycles. The summed E-state index contributed by atoms with van der Waals surface area (Å²) < 4.78 is 14.4. The van der Waals surface area contributed by atoms with E-state index in [2.05, 4.69) is 5.10 Å². The Morgan fingerprint density at radius 3 is 2.67 bits per heavy atom. The standard InChI is InChI=1S/C16H15FN2O2/c1-16(2)8-10-6-14(21)19(18-15(10)13(20)9-16)12-5-3-4-11(17)7-12/h3-7H,8-9H2,1-2H3. The van der Waals surface area contributed by atoms with Crippen LogP contribution >= 0.6 is 0 Å². The summed E-state index contributed by atoms with van der Waals surface area (Å²) in [5, 5.41) is 4.16. The van der Waals surface area contributed by atoms with E-state index >= 15 is 0 Å². The van der Waals surface area contributed by atoms with E-state index in [0.29, 0.717) is 29.8 Å². The number of carbonyl (C=O) groups is 1. The average molecular weight is 286 g/mol. The van der Waals surface area contributed by atoms with Crippen molar-refractivity contribution in [1.29, 1.82) is 0 Å². The third-order valence-corrected chi connectivity index (χ3v) is 3.64. The van der Waals surface area contributed by atoms with Gasteiger partial charge in [0.15, 0.2) is 5.78 Å². The third-order valence-electron chi connectivity index (χ3n) is 3.64. The fraction of sp³-hybridized carbons (Fsp3) is 0.312. The van der Waals surface area contributed by atoms with Crippen LogP contribution < -0.4 is 5.56 Å². The topological polar surface area (TPSA) is 52.0 Å². The van der Waals surface area contributed by atoms with E-state index in [1.165, 1.54) is 24.3 Å². The van der Waals surface area contributed by atoms with Gasteiger partial charge in [-0.25, -0.2) is 4.39 Å². The van der Waals surface area contributed by atoms with E-state index in [1.807, 2.05) is 13.8 Å². The second-order valence-electron chi connectivity index (χ2n) is 6.19. The maximum atomic E-state index is 13.3. The molecule has 21 heavy (non-hydrogen) atoms. The summed E-state index contributed by atoms with van der Waals surface area (Å²) in [7, 11) is 0. The first-order valence-corrected chi connectivity index (χ1v) is 6.78. The molecule has 1 aliphatic rings. The molecule has 0 spiro atoms. The number of hydrogen-bond acceptors (Lipinski definition) is 3. The van der Waals surface area contributed by atoms with Gasteiger partial charge in [0.05, 0.1) is 5.69 Å². The lowest BCUT2D eigenvalue weighted by Crippen LogP contribution is -2.33. The third kappa shape index (κ3) is 2.51. The number of rotatable bonds is 1. The minimum atomic E-state index is -0.452. The maximum absolute atomic E-state index is 13.3. The molecule has 1 aromatic carbocycles. The molecule has 2 aromatic rings. The van der Waals surface area contributed by atoms with Crippen LogP contribution in [-0.4, -0.2) is 15.6 Å². The van der Waals surface area contributed by atoms with Crippen molar-refractivity contribution in [3.05, 3.63) is 57.8 Å². The Morgan fingerprint density at radius 2 is 1.95 bits per heavy atom. The van der Waals surface area contributed by atoms with E-state index in [-0.39, 0.29) is 16.8 Å². The number of aromatic nitrogens is 2. The highest BCUT2D eigenvalue weighted by molar-refractivity contribution is 5.97. The van der Waals surface area contributed by atoms with Gasteiger partial charge in [0, 0.05) is 12.5 Å². The van der Waals surface area contributed by atoms with Crippen LogP contribution in [0.3, 0.4) is 0 Å². The molecule has 5 heteroatoms. The van der Waals surface area contributed by atoms with Crippen LogP contribution in [0, 0.1) is 11.2 Å². The molecule has 0 aliphatic heterocycles. The summed E-state index contributed by atoms with van der Waals surface area (Å²) in [5.41, 5.74) is 0.792. The van der Waals surface area contributed by atoms with Gasteiger partial charge in [0.1, 0.15) is 11.5 Å². The van der Waals surface area contributed by atoms with Gasteiger partial charge in [-0.05, 0) is 35.6 Å². The zero-order chi connectivity index (χ0) is 15.2. The van der Waals surface area contributed by atoms with Crippen LogP contribution in [0.25, 0.3) is 5.69 Å². The molecule has 4 nitrogen and oxygen atoms in total. The van der Waals surface area contributed by atoms with Crippen molar-refractivity contribution in [2.24, 2.45) is 5.41 Å². The lowest BCUT2D eigenvalue weighted by Gasteiger charge is -2.29. The smallest absolute Gasteiger partial charge is 0.271 e. The molecule has 1 aromatic heterocycles. The highest BCUT2D eigenvalue weighted by atomic mass is 19.1. The Labute approximate surface area is 121 Å². The molecule has 0 saturated carbocycles. The van der Waals surface area contributed by atoms with Gasteiger partial charge < -0.3 is 0 Å². The maximum Gasteiger partial charge on any atom is 0.271 e. The first kappa shape index (κ1) is 13.7. The zero-order valence-electron chi connectivity index (χ0n) is 11.9. The summed E-state index contributed by atoms with van der Waals surface area (Å²) in [6.45, 7) is 3.98. The van der Waals surface area contributed by atoms with E-state index in [1.54, 1.807) is 6.07 Å². The Hall–Kier alpha value is -2.30. The van der Waals surface area contributed by atoms with Crippen molar-refractivity contribution in [2.75, 3.05) is 0 Å². The summed E-state index contributed by atoms with van der Waals surface area (Å²) in [4.78, 5) is 24.4. The van der Waals surface area contributed by atoms with Gasteiger partial charge in [-0.1, -0.05) is 19.9 Å². The van der Waals surface area contributed by atoms with Crippen LogP contribution in [0.15, 0.2) is 35.1 Å². The number of hydrogen-bond donors (Lipinski definition) is 0. The number of nitrogens with zero attached hydrogens (tertiary/aromatic N) is 2. The van der Waals surface area contributed by atoms with Crippen LogP contribution in [0.2, 0.25) is 0 Å². The second-order valence-corrected chi connectivity index (χ2v) is 6.19. The van der Waals surface area contributed by atoms with Crippen LogP contribution in [0.1, 0.15) is 36.3 Å². The van der Waals surface area contributed by atoms with Crippen molar-refractivity contribution in [1.82, 2.24) is 9.78 Å². The minimum absolute atomic E-state index is 0.0774. The lowest BCUT2D eigenvalue weighted by molar-refractivity contribution is 0.0903. The van der Waals surface area contributed by atoms with Gasteiger partial charge >= 0.3 is 0 Å². The molecule has 0 fully saturated rings. The monoisotopic (exact) mass is 286 g/mol. The van der Waals surface area contributed by atoms with Gasteiger partial charge in [0.25, 0.3) is 5.56 Å². The molecule has 0 atom stereocenters. The fourth-order valence-electron chi connectivity index (χ4n) is 2.75. The Morgan fingerprint density at radius 1 is 1.19 bits per heavy atom. The summed E-state index contributed by atoms with van der Waals surface area (Å²) in [6, 6.07) is 7.04. The van der Waals surface area contributed by atoms with Crippen molar-refractivity contribution in [2.45, 2.75) is 26.7 Å². The van der Waals surface area contributed by atoms with E-state index in [9.17, 15) is 14.0 Å². The van der Waals surface area contributed by atoms with E-state index < -0.39 is 5.82 Å². The zero-order valence-corrected chi connectivity index (χ0v) is 11.9. The minimum Gasteiger partial charge on any atom is -0.292 e. The molecule has 1 heterocycles. The molecule has 0 N–H and O–H groups in total. The molecule has 0 radical (unpaired) electrons. The van der Waals surface area contributed by atoms with Gasteiger partial charge in [-0.3, -0.25) is 9.59 Å². The highest BCUT2D eigenvalue weighted by Crippen LogP contribution is 2.33. The summed E-state index contributed by atoms with van der Waals surface area (Å²) in [6.07, 6.45) is 1.04. The van der Waals surface area contributed by atoms with Gasteiger partial charge in [-0.2, -0.15) is 9.78 Å². The molecule has 0 bridgehead atoms. The summed E-state index contributed by atoms with van der Waals surface area (Å²) >= 11 is 0. The van der Waals surface area contributed by atoms with Crippen molar-refractivity contribution in [3.8, 4) is 5.69 Å². The van der Waals surface area contributed by atoms with Crippen LogP contribution in [0.4, 0.5) is 4.39 Å². The Kier molecular flexibility index (Phi) is 3.01. The molecule has 3 rings (SSSR count). The number of halogens is 1. The number of fused-ring (bicyclic) bond motifs is 1. The number of ketones is 1.